The molecule has 1 rings (SSSR count). The third-order valence-electron chi connectivity index (χ3n) is 3.54. The number of nitrogens with one attached hydrogen (secondary N) is 1. The Morgan fingerprint density at radius 3 is 2.21 bits per heavy atom. The lowest BCUT2D eigenvalue weighted by Crippen LogP contribution is -2.56. The van der Waals surface area contributed by atoms with E-state index in [1.807, 2.05) is 44.2 Å². The van der Waals surface area contributed by atoms with E-state index >= 15 is 0 Å². The third kappa shape index (κ3) is 4.09. The van der Waals surface area contributed by atoms with Gasteiger partial charge in [-0.15, -0.1) is 0 Å². The molecule has 4 heteroatoms. The lowest BCUT2D eigenvalue weighted by Gasteiger charge is -2.29. The maximum absolute atomic E-state index is 11.9. The Hall–Kier alpha value is -1.84. The Morgan fingerprint density at radius 1 is 1.16 bits per heavy atom. The van der Waals surface area contributed by atoms with Gasteiger partial charge in [0.1, 0.15) is 5.54 Å². The van der Waals surface area contributed by atoms with Crippen LogP contribution in [0.5, 0.6) is 0 Å². The summed E-state index contributed by atoms with van der Waals surface area (Å²) in [5.74, 6) is -0.600. The summed E-state index contributed by atoms with van der Waals surface area (Å²) < 4.78 is 0. The minimum absolute atomic E-state index is 0.133. The molecule has 1 aromatic carbocycles. The molecular weight excluding hydrogens is 240 g/mol. The molecule has 0 aliphatic rings. The highest BCUT2D eigenvalue weighted by Crippen LogP contribution is 2.15. The van der Waals surface area contributed by atoms with Crippen LogP contribution in [0.25, 0.3) is 0 Å². The number of rotatable bonds is 7. The molecule has 0 aromatic heterocycles. The number of carbonyl (C=O) groups excluding carboxylic acids is 2. The van der Waals surface area contributed by atoms with E-state index in [0.29, 0.717) is 25.7 Å². The first kappa shape index (κ1) is 15.2. The van der Waals surface area contributed by atoms with Crippen LogP contribution in [0.1, 0.15) is 38.7 Å². The minimum atomic E-state index is -0.909. The smallest absolute Gasteiger partial charge is 0.243 e. The maximum atomic E-state index is 11.9. The van der Waals surface area contributed by atoms with Crippen LogP contribution in [0.15, 0.2) is 30.3 Å². The molecule has 0 spiro atoms. The van der Waals surface area contributed by atoms with E-state index in [2.05, 4.69) is 5.32 Å². The van der Waals surface area contributed by atoms with Gasteiger partial charge >= 0.3 is 0 Å². The highest BCUT2D eigenvalue weighted by Gasteiger charge is 2.34. The first-order valence-electron chi connectivity index (χ1n) is 6.69. The number of benzene rings is 1. The zero-order valence-corrected chi connectivity index (χ0v) is 11.6. The molecule has 0 aliphatic heterocycles. The van der Waals surface area contributed by atoms with Gasteiger partial charge in [-0.3, -0.25) is 9.59 Å². The molecule has 0 fully saturated rings. The van der Waals surface area contributed by atoms with Crippen LogP contribution in [0.3, 0.4) is 0 Å². The van der Waals surface area contributed by atoms with Gasteiger partial charge in [-0.1, -0.05) is 44.2 Å². The van der Waals surface area contributed by atoms with Gasteiger partial charge in [0.15, 0.2) is 0 Å². The molecule has 0 aliphatic carbocycles. The highest BCUT2D eigenvalue weighted by atomic mass is 16.2. The quantitative estimate of drug-likeness (QED) is 0.786. The standard InChI is InChI=1S/C15H22N2O2/c1-3-15(4-2,14(16)19)17-13(18)11-10-12-8-6-5-7-9-12/h5-9H,3-4,10-11H2,1-2H3,(H2,16,19)(H,17,18). The van der Waals surface area contributed by atoms with Gasteiger partial charge in [-0.05, 0) is 24.8 Å². The van der Waals surface area contributed by atoms with Gasteiger partial charge < -0.3 is 11.1 Å². The van der Waals surface area contributed by atoms with Gasteiger partial charge in [0.05, 0.1) is 0 Å². The van der Waals surface area contributed by atoms with Crippen LogP contribution in [-0.2, 0) is 16.0 Å². The maximum Gasteiger partial charge on any atom is 0.243 e. The number of hydrogen-bond donors (Lipinski definition) is 2. The highest BCUT2D eigenvalue weighted by molar-refractivity contribution is 5.90. The van der Waals surface area contributed by atoms with E-state index in [4.69, 9.17) is 5.73 Å². The van der Waals surface area contributed by atoms with Crippen LogP contribution in [0, 0.1) is 0 Å². The van der Waals surface area contributed by atoms with Gasteiger partial charge in [0.25, 0.3) is 0 Å². The van der Waals surface area contributed by atoms with Crippen molar-refractivity contribution in [2.24, 2.45) is 5.73 Å². The van der Waals surface area contributed by atoms with Gasteiger partial charge in [-0.25, -0.2) is 0 Å². The van der Waals surface area contributed by atoms with E-state index in [0.717, 1.165) is 5.56 Å². The van der Waals surface area contributed by atoms with Crippen molar-refractivity contribution in [1.29, 1.82) is 0 Å². The van der Waals surface area contributed by atoms with Gasteiger partial charge in [0, 0.05) is 6.42 Å². The lowest BCUT2D eigenvalue weighted by molar-refractivity contribution is -0.132. The zero-order chi connectivity index (χ0) is 14.3. The topological polar surface area (TPSA) is 72.2 Å². The molecular formula is C15H22N2O2. The summed E-state index contributed by atoms with van der Waals surface area (Å²) in [7, 11) is 0. The Labute approximate surface area is 114 Å². The Morgan fingerprint density at radius 2 is 1.74 bits per heavy atom. The van der Waals surface area contributed by atoms with E-state index in [1.54, 1.807) is 0 Å². The van der Waals surface area contributed by atoms with E-state index in [9.17, 15) is 9.59 Å². The molecule has 4 nitrogen and oxygen atoms in total. The molecule has 2 amide bonds. The fraction of sp³-hybridized carbons (Fsp3) is 0.467. The van der Waals surface area contributed by atoms with E-state index in [-0.39, 0.29) is 5.91 Å². The van der Waals surface area contributed by atoms with Gasteiger partial charge in [0.2, 0.25) is 11.8 Å². The molecule has 19 heavy (non-hydrogen) atoms. The molecule has 0 unspecified atom stereocenters. The van der Waals surface area contributed by atoms with Crippen molar-refractivity contribution in [3.8, 4) is 0 Å². The predicted octanol–water partition coefficient (Wildman–Crippen LogP) is 1.78. The Bertz CT molecular complexity index is 425. The summed E-state index contributed by atoms with van der Waals surface area (Å²) in [6.07, 6.45) is 2.04. The SMILES string of the molecule is CCC(CC)(NC(=O)CCc1ccccc1)C(N)=O. The minimum Gasteiger partial charge on any atom is -0.368 e. The van der Waals surface area contributed by atoms with Crippen molar-refractivity contribution in [2.75, 3.05) is 0 Å². The molecule has 3 N–H and O–H groups in total. The number of nitrogens with two attached hydrogens (primary N) is 1. The summed E-state index contributed by atoms with van der Waals surface area (Å²) in [6, 6.07) is 9.79. The Kier molecular flexibility index (Phi) is 5.55. The van der Waals surface area contributed by atoms with Crippen molar-refractivity contribution in [1.82, 2.24) is 5.32 Å². The van der Waals surface area contributed by atoms with Crippen LogP contribution >= 0.6 is 0 Å². The van der Waals surface area contributed by atoms with Crippen LogP contribution < -0.4 is 11.1 Å². The predicted molar refractivity (Wildman–Crippen MR) is 75.4 cm³/mol. The van der Waals surface area contributed by atoms with Crippen LogP contribution in [0.2, 0.25) is 0 Å². The summed E-state index contributed by atoms with van der Waals surface area (Å²) >= 11 is 0. The zero-order valence-electron chi connectivity index (χ0n) is 11.6. The molecule has 0 saturated carbocycles. The van der Waals surface area contributed by atoms with Crippen molar-refractivity contribution in [2.45, 2.75) is 45.1 Å². The number of hydrogen-bond acceptors (Lipinski definition) is 2. The fourth-order valence-corrected chi connectivity index (χ4v) is 2.07. The number of aryl methyl sites for hydroxylation is 1. The van der Waals surface area contributed by atoms with Crippen LogP contribution in [0.4, 0.5) is 0 Å². The summed E-state index contributed by atoms with van der Waals surface area (Å²) in [5, 5.41) is 2.79. The number of amides is 2. The van der Waals surface area contributed by atoms with Crippen molar-refractivity contribution in [3.05, 3.63) is 35.9 Å². The van der Waals surface area contributed by atoms with Crippen molar-refractivity contribution in [3.63, 3.8) is 0 Å². The molecule has 1 aromatic rings. The summed E-state index contributed by atoms with van der Waals surface area (Å²) in [6.45, 7) is 3.71. The average Bonchev–Trinajstić information content (AvgIpc) is 2.43. The third-order valence-corrected chi connectivity index (χ3v) is 3.54. The molecule has 104 valence electrons. The second kappa shape index (κ2) is 6.92. The first-order chi connectivity index (χ1) is 9.04. The monoisotopic (exact) mass is 262 g/mol. The largest absolute Gasteiger partial charge is 0.368 e. The average molecular weight is 262 g/mol. The normalized spacial score (nSPS) is 11.1. The number of primary amides is 1. The first-order valence-corrected chi connectivity index (χ1v) is 6.69. The van der Waals surface area contributed by atoms with Crippen molar-refractivity contribution >= 4 is 11.8 Å². The van der Waals surface area contributed by atoms with E-state index < -0.39 is 11.4 Å². The number of carbonyl (C=O) groups is 2. The molecule has 0 atom stereocenters. The molecule has 0 heterocycles. The van der Waals surface area contributed by atoms with Gasteiger partial charge in [-0.2, -0.15) is 0 Å². The fourth-order valence-electron chi connectivity index (χ4n) is 2.07. The van der Waals surface area contributed by atoms with Crippen LogP contribution in [-0.4, -0.2) is 17.4 Å². The lowest BCUT2D eigenvalue weighted by atomic mass is 9.91. The Balaban J connectivity index is 2.57. The summed E-state index contributed by atoms with van der Waals surface area (Å²) in [4.78, 5) is 23.4. The van der Waals surface area contributed by atoms with E-state index in [1.165, 1.54) is 0 Å². The summed E-state index contributed by atoms with van der Waals surface area (Å²) in [5.41, 5.74) is 5.59. The molecule has 0 radical (unpaired) electrons. The molecule has 0 saturated heterocycles. The molecule has 0 bridgehead atoms. The van der Waals surface area contributed by atoms with Crippen molar-refractivity contribution < 1.29 is 9.59 Å². The second-order valence-corrected chi connectivity index (χ2v) is 4.69. The second-order valence-electron chi connectivity index (χ2n) is 4.69.